The molecule has 1 aliphatic heterocycles. The van der Waals surface area contributed by atoms with Crippen LogP contribution in [0.15, 0.2) is 26.8 Å². The molecule has 102 valence electrons. The molecular formula is C13H8Br2N2O3. The number of terminal acetylenes is 1. The Bertz CT molecular complexity index is 639. The summed E-state index contributed by atoms with van der Waals surface area (Å²) in [6, 6.07) is 2.97. The molecule has 2 N–H and O–H groups in total. The first-order valence-electron chi connectivity index (χ1n) is 5.40. The molecular weight excluding hydrogens is 392 g/mol. The Kier molecular flexibility index (Phi) is 4.47. The summed E-state index contributed by atoms with van der Waals surface area (Å²) in [6.45, 7) is 0.149. The van der Waals surface area contributed by atoms with Crippen molar-refractivity contribution in [2.24, 2.45) is 0 Å². The summed E-state index contributed by atoms with van der Waals surface area (Å²) in [4.78, 5) is 22.5. The molecule has 20 heavy (non-hydrogen) atoms. The molecule has 1 fully saturated rings. The molecule has 1 aromatic carbocycles. The molecule has 0 atom stereocenters. The monoisotopic (exact) mass is 398 g/mol. The number of carbonyl (C=O) groups excluding carboxylic acids is 2. The van der Waals surface area contributed by atoms with Crippen LogP contribution < -0.4 is 15.4 Å². The zero-order valence-corrected chi connectivity index (χ0v) is 13.2. The zero-order chi connectivity index (χ0) is 14.7. The van der Waals surface area contributed by atoms with Crippen molar-refractivity contribution in [2.45, 2.75) is 0 Å². The van der Waals surface area contributed by atoms with Crippen LogP contribution in [0.1, 0.15) is 5.56 Å². The van der Waals surface area contributed by atoms with Crippen LogP contribution in [-0.4, -0.2) is 18.5 Å². The number of imide groups is 1. The minimum absolute atomic E-state index is 0.149. The Hall–Kier alpha value is -1.78. The quantitative estimate of drug-likeness (QED) is 0.466. The van der Waals surface area contributed by atoms with Crippen molar-refractivity contribution in [2.75, 3.05) is 6.61 Å². The molecule has 1 heterocycles. The average Bonchev–Trinajstić information content (AvgIpc) is 2.67. The first-order valence-corrected chi connectivity index (χ1v) is 6.99. The van der Waals surface area contributed by atoms with Gasteiger partial charge in [-0.2, -0.15) is 0 Å². The first kappa shape index (κ1) is 14.6. The highest BCUT2D eigenvalue weighted by molar-refractivity contribution is 9.11. The van der Waals surface area contributed by atoms with Crippen LogP contribution in [0.3, 0.4) is 0 Å². The van der Waals surface area contributed by atoms with E-state index >= 15 is 0 Å². The van der Waals surface area contributed by atoms with Crippen LogP contribution in [0, 0.1) is 12.3 Å². The Morgan fingerprint density at radius 1 is 1.25 bits per heavy atom. The van der Waals surface area contributed by atoms with Gasteiger partial charge in [-0.05, 0) is 55.6 Å². The second-order valence-corrected chi connectivity index (χ2v) is 5.48. The number of nitrogens with one attached hydrogen (secondary N) is 2. The predicted octanol–water partition coefficient (Wildman–Crippen LogP) is 2.40. The van der Waals surface area contributed by atoms with Crippen molar-refractivity contribution in [3.05, 3.63) is 32.3 Å². The second kappa shape index (κ2) is 6.11. The van der Waals surface area contributed by atoms with Gasteiger partial charge in [0, 0.05) is 0 Å². The Morgan fingerprint density at radius 2 is 1.90 bits per heavy atom. The van der Waals surface area contributed by atoms with Crippen LogP contribution in [0.4, 0.5) is 4.79 Å². The summed E-state index contributed by atoms with van der Waals surface area (Å²) in [7, 11) is 0. The van der Waals surface area contributed by atoms with E-state index in [4.69, 9.17) is 11.2 Å². The average molecular weight is 400 g/mol. The highest BCUT2D eigenvalue weighted by Crippen LogP contribution is 2.35. The van der Waals surface area contributed by atoms with Crippen molar-refractivity contribution >= 4 is 49.9 Å². The number of ether oxygens (including phenoxy) is 1. The fourth-order valence-corrected chi connectivity index (χ4v) is 3.01. The number of halogens is 2. The summed E-state index contributed by atoms with van der Waals surface area (Å²) in [6.07, 6.45) is 6.70. The molecule has 5 nitrogen and oxygen atoms in total. The number of rotatable bonds is 3. The van der Waals surface area contributed by atoms with Gasteiger partial charge in [0.1, 0.15) is 18.1 Å². The largest absolute Gasteiger partial charge is 0.479 e. The van der Waals surface area contributed by atoms with Gasteiger partial charge in [0.25, 0.3) is 5.91 Å². The third-order valence-electron chi connectivity index (χ3n) is 2.35. The maximum Gasteiger partial charge on any atom is 0.326 e. The summed E-state index contributed by atoms with van der Waals surface area (Å²) >= 11 is 6.73. The van der Waals surface area contributed by atoms with Gasteiger partial charge in [-0.15, -0.1) is 6.42 Å². The topological polar surface area (TPSA) is 67.4 Å². The van der Waals surface area contributed by atoms with E-state index in [0.717, 1.165) is 0 Å². The van der Waals surface area contributed by atoms with Gasteiger partial charge in [-0.3, -0.25) is 10.1 Å². The van der Waals surface area contributed by atoms with E-state index in [2.05, 4.69) is 48.4 Å². The predicted molar refractivity (Wildman–Crippen MR) is 80.8 cm³/mol. The minimum atomic E-state index is -0.534. The molecule has 0 aliphatic carbocycles. The highest BCUT2D eigenvalue weighted by atomic mass is 79.9. The Balaban J connectivity index is 2.31. The van der Waals surface area contributed by atoms with Crippen LogP contribution >= 0.6 is 31.9 Å². The van der Waals surface area contributed by atoms with E-state index in [1.807, 2.05) is 0 Å². The molecule has 0 spiro atoms. The number of hydrogen-bond acceptors (Lipinski definition) is 3. The molecule has 1 aromatic rings. The van der Waals surface area contributed by atoms with Crippen molar-refractivity contribution < 1.29 is 14.3 Å². The number of hydrogen-bond donors (Lipinski definition) is 2. The van der Waals surface area contributed by atoms with Gasteiger partial charge in [-0.25, -0.2) is 4.79 Å². The smallest absolute Gasteiger partial charge is 0.326 e. The van der Waals surface area contributed by atoms with Crippen LogP contribution in [0.2, 0.25) is 0 Å². The van der Waals surface area contributed by atoms with Gasteiger partial charge in [0.2, 0.25) is 0 Å². The van der Waals surface area contributed by atoms with Crippen molar-refractivity contribution in [1.82, 2.24) is 10.6 Å². The summed E-state index contributed by atoms with van der Waals surface area (Å²) < 4.78 is 6.74. The van der Waals surface area contributed by atoms with Crippen molar-refractivity contribution in [3.8, 4) is 18.1 Å². The maximum atomic E-state index is 11.4. The molecule has 0 unspecified atom stereocenters. The van der Waals surface area contributed by atoms with E-state index in [-0.39, 0.29) is 12.3 Å². The van der Waals surface area contributed by atoms with Gasteiger partial charge in [0.15, 0.2) is 0 Å². The Morgan fingerprint density at radius 3 is 2.40 bits per heavy atom. The third-order valence-corrected chi connectivity index (χ3v) is 3.53. The number of carbonyl (C=O) groups is 2. The summed E-state index contributed by atoms with van der Waals surface area (Å²) in [5.74, 6) is 2.49. The summed E-state index contributed by atoms with van der Waals surface area (Å²) in [5.41, 5.74) is 0.898. The molecule has 1 saturated heterocycles. The van der Waals surface area contributed by atoms with Crippen molar-refractivity contribution in [1.29, 1.82) is 0 Å². The second-order valence-electron chi connectivity index (χ2n) is 3.77. The van der Waals surface area contributed by atoms with Crippen molar-refractivity contribution in [3.63, 3.8) is 0 Å². The van der Waals surface area contributed by atoms with E-state index in [0.29, 0.717) is 20.3 Å². The maximum absolute atomic E-state index is 11.4. The number of urea groups is 1. The van der Waals surface area contributed by atoms with E-state index in [9.17, 15) is 9.59 Å². The third kappa shape index (κ3) is 3.21. The molecule has 2 rings (SSSR count). The fourth-order valence-electron chi connectivity index (χ4n) is 1.56. The minimum Gasteiger partial charge on any atom is -0.479 e. The van der Waals surface area contributed by atoms with E-state index in [1.165, 1.54) is 0 Å². The standard InChI is InChI=1S/C13H8Br2N2O3/c1-2-3-20-11-8(14)4-7(5-9(11)15)6-10-12(18)17-13(19)16-10/h1,4-6H,3H2,(H2,16,17,18,19)/b10-6+. The molecule has 1 aliphatic rings. The van der Waals surface area contributed by atoms with Gasteiger partial charge < -0.3 is 10.1 Å². The molecule has 0 bridgehead atoms. The summed E-state index contributed by atoms with van der Waals surface area (Å²) in [5, 5.41) is 4.54. The normalized spacial score (nSPS) is 15.8. The van der Waals surface area contributed by atoms with E-state index in [1.54, 1.807) is 18.2 Å². The zero-order valence-electron chi connectivity index (χ0n) is 10.00. The highest BCUT2D eigenvalue weighted by Gasteiger charge is 2.22. The lowest BCUT2D eigenvalue weighted by atomic mass is 10.2. The van der Waals surface area contributed by atoms with Gasteiger partial charge >= 0.3 is 6.03 Å². The van der Waals surface area contributed by atoms with E-state index < -0.39 is 11.9 Å². The molecule has 3 amide bonds. The SMILES string of the molecule is C#CCOc1c(Br)cc(/C=C2/NC(=O)NC2=O)cc1Br. The fraction of sp³-hybridized carbons (Fsp3) is 0.0769. The van der Waals surface area contributed by atoms with Gasteiger partial charge in [0.05, 0.1) is 8.95 Å². The molecule has 0 aromatic heterocycles. The van der Waals surface area contributed by atoms with Crippen LogP contribution in [-0.2, 0) is 4.79 Å². The van der Waals surface area contributed by atoms with Crippen LogP contribution in [0.5, 0.6) is 5.75 Å². The number of amides is 3. The van der Waals surface area contributed by atoms with Gasteiger partial charge in [-0.1, -0.05) is 5.92 Å². The molecule has 7 heteroatoms. The first-order chi connectivity index (χ1) is 9.51. The molecule has 0 saturated carbocycles. The van der Waals surface area contributed by atoms with Crippen LogP contribution in [0.25, 0.3) is 6.08 Å². The Labute approximate surface area is 132 Å². The number of benzene rings is 1. The lowest BCUT2D eigenvalue weighted by Gasteiger charge is -2.09. The molecule has 0 radical (unpaired) electrons. The lowest BCUT2D eigenvalue weighted by Crippen LogP contribution is -2.22. The lowest BCUT2D eigenvalue weighted by molar-refractivity contribution is -0.115.